The Balaban J connectivity index is 1.56. The maximum absolute atomic E-state index is 13.7. The number of nitrogens with zero attached hydrogens (tertiary/aromatic N) is 3. The van der Waals surface area contributed by atoms with Crippen molar-refractivity contribution in [1.29, 1.82) is 5.26 Å². The van der Waals surface area contributed by atoms with E-state index in [0.29, 0.717) is 42.0 Å². The first-order valence-electron chi connectivity index (χ1n) is 13.1. The molecule has 1 aliphatic carbocycles. The van der Waals surface area contributed by atoms with E-state index in [9.17, 15) is 14.9 Å². The predicted octanol–water partition coefficient (Wildman–Crippen LogP) is 4.21. The van der Waals surface area contributed by atoms with Gasteiger partial charge in [0.2, 0.25) is 5.91 Å². The van der Waals surface area contributed by atoms with Gasteiger partial charge in [-0.3, -0.25) is 4.79 Å². The Bertz CT molecular complexity index is 1090. The third-order valence-electron chi connectivity index (χ3n) is 7.54. The lowest BCUT2D eigenvalue weighted by molar-refractivity contribution is -0.124. The fraction of sp³-hybridized carbons (Fsp3) is 0.630. The highest BCUT2D eigenvalue weighted by atomic mass is 16.4. The Morgan fingerprint density at radius 1 is 1.23 bits per heavy atom. The van der Waals surface area contributed by atoms with E-state index in [1.54, 1.807) is 12.1 Å². The van der Waals surface area contributed by atoms with Gasteiger partial charge in [-0.1, -0.05) is 57.6 Å². The molecule has 0 unspecified atom stereocenters. The lowest BCUT2D eigenvalue weighted by Gasteiger charge is -2.38. The van der Waals surface area contributed by atoms with Crippen LogP contribution in [0.4, 0.5) is 5.82 Å². The monoisotopic (exact) mass is 479 g/mol. The van der Waals surface area contributed by atoms with E-state index in [-0.39, 0.29) is 5.91 Å². The molecular weight excluding hydrogens is 442 g/mol. The summed E-state index contributed by atoms with van der Waals surface area (Å²) >= 11 is 0. The van der Waals surface area contributed by atoms with Gasteiger partial charge >= 0.3 is 5.76 Å². The summed E-state index contributed by atoms with van der Waals surface area (Å²) in [5.41, 5.74) is -0.434. The summed E-state index contributed by atoms with van der Waals surface area (Å²) in [4.78, 5) is 32.2. The third kappa shape index (κ3) is 6.40. The highest BCUT2D eigenvalue weighted by Crippen LogP contribution is 2.29. The number of aromatic nitrogens is 1. The number of hydrogen-bond acceptors (Lipinski definition) is 7. The van der Waals surface area contributed by atoms with E-state index in [4.69, 9.17) is 4.42 Å². The van der Waals surface area contributed by atoms with Crippen molar-refractivity contribution in [3.8, 4) is 6.07 Å². The second-order valence-corrected chi connectivity index (χ2v) is 10.1. The first kappa shape index (κ1) is 25.2. The van der Waals surface area contributed by atoms with Gasteiger partial charge < -0.3 is 20.0 Å². The van der Waals surface area contributed by atoms with E-state index in [1.165, 1.54) is 25.7 Å². The van der Waals surface area contributed by atoms with E-state index in [0.717, 1.165) is 38.9 Å². The number of anilines is 1. The van der Waals surface area contributed by atoms with E-state index >= 15 is 0 Å². The van der Waals surface area contributed by atoms with Crippen LogP contribution in [0.5, 0.6) is 0 Å². The fourth-order valence-corrected chi connectivity index (χ4v) is 5.52. The number of hydrogen-bond donors (Lipinski definition) is 2. The van der Waals surface area contributed by atoms with Crippen LogP contribution >= 0.6 is 0 Å². The number of piperidine rings is 1. The average Bonchev–Trinajstić information content (AvgIpc) is 3.13. The Morgan fingerprint density at radius 2 is 1.94 bits per heavy atom. The molecule has 0 bridgehead atoms. The molecule has 1 aromatic heterocycles. The van der Waals surface area contributed by atoms with Crippen LogP contribution in [0.15, 0.2) is 33.5 Å². The molecule has 1 saturated heterocycles. The van der Waals surface area contributed by atoms with Crippen LogP contribution in [-0.4, -0.2) is 47.0 Å². The van der Waals surface area contributed by atoms with Gasteiger partial charge in [0.25, 0.3) is 0 Å². The van der Waals surface area contributed by atoms with Crippen LogP contribution < -0.4 is 16.4 Å². The number of para-hydroxylation sites is 1. The lowest BCUT2D eigenvalue weighted by atomic mass is 9.87. The van der Waals surface area contributed by atoms with Crippen molar-refractivity contribution in [3.05, 3.63) is 34.8 Å². The molecule has 1 saturated carbocycles. The summed E-state index contributed by atoms with van der Waals surface area (Å²) < 4.78 is 5.24. The summed E-state index contributed by atoms with van der Waals surface area (Å²) in [6.07, 6.45) is 9.93. The second kappa shape index (κ2) is 11.7. The SMILES string of the molecule is CCCN1CCC(C#N)(NC(=O)[C@@H](CC2CCCCCC2)Nc2nc(=O)oc3ccccc23)CC1. The van der Waals surface area contributed by atoms with Crippen molar-refractivity contribution in [3.63, 3.8) is 0 Å². The number of amides is 1. The zero-order valence-corrected chi connectivity index (χ0v) is 20.7. The molecule has 2 fully saturated rings. The minimum Gasteiger partial charge on any atom is -0.408 e. The van der Waals surface area contributed by atoms with Crippen LogP contribution in [0.2, 0.25) is 0 Å². The topological polar surface area (TPSA) is 111 Å². The van der Waals surface area contributed by atoms with Gasteiger partial charge in [0, 0.05) is 13.1 Å². The summed E-state index contributed by atoms with van der Waals surface area (Å²) in [6.45, 7) is 4.76. The molecule has 8 heteroatoms. The summed E-state index contributed by atoms with van der Waals surface area (Å²) in [5.74, 6) is -0.124. The Morgan fingerprint density at radius 3 is 2.63 bits per heavy atom. The first-order chi connectivity index (χ1) is 17.0. The molecule has 1 aromatic carbocycles. The molecule has 1 amide bonds. The number of rotatable bonds is 8. The van der Waals surface area contributed by atoms with Crippen molar-refractivity contribution in [2.75, 3.05) is 25.0 Å². The van der Waals surface area contributed by atoms with Crippen LogP contribution in [0, 0.1) is 17.2 Å². The Kier molecular flexibility index (Phi) is 8.40. The minimum atomic E-state index is -0.865. The molecule has 2 heterocycles. The Labute approximate surface area is 207 Å². The molecule has 1 atom stereocenters. The summed E-state index contributed by atoms with van der Waals surface area (Å²) in [7, 11) is 0. The van der Waals surface area contributed by atoms with Gasteiger partial charge in [-0.05, 0) is 50.3 Å². The first-order valence-corrected chi connectivity index (χ1v) is 13.1. The summed E-state index contributed by atoms with van der Waals surface area (Å²) in [5, 5.41) is 17.1. The van der Waals surface area contributed by atoms with E-state index < -0.39 is 17.3 Å². The average molecular weight is 480 g/mol. The van der Waals surface area contributed by atoms with Crippen molar-refractivity contribution >= 4 is 22.7 Å². The van der Waals surface area contributed by atoms with Crippen LogP contribution in [0.3, 0.4) is 0 Å². The van der Waals surface area contributed by atoms with Crippen molar-refractivity contribution in [2.24, 2.45) is 5.92 Å². The van der Waals surface area contributed by atoms with Crippen molar-refractivity contribution in [2.45, 2.75) is 82.7 Å². The standard InChI is InChI=1S/C27H37N5O3/c1-2-15-32-16-13-27(19-28,14-17-32)31-25(33)22(18-20-9-5-3-4-6-10-20)29-24-21-11-7-8-12-23(21)35-26(34)30-24/h7-8,11-12,20,22H,2-6,9-10,13-18H2,1H3,(H,31,33)(H,29,30,34)/t22-/m1/s1. The lowest BCUT2D eigenvalue weighted by Crippen LogP contribution is -2.57. The number of nitriles is 1. The Hall–Kier alpha value is -2.92. The van der Waals surface area contributed by atoms with Crippen LogP contribution in [0.1, 0.15) is 71.1 Å². The van der Waals surface area contributed by atoms with Gasteiger partial charge in [-0.2, -0.15) is 10.2 Å². The highest BCUT2D eigenvalue weighted by molar-refractivity contribution is 5.91. The van der Waals surface area contributed by atoms with Crippen LogP contribution in [-0.2, 0) is 4.79 Å². The molecule has 2 aliphatic rings. The van der Waals surface area contributed by atoms with Crippen LogP contribution in [0.25, 0.3) is 11.0 Å². The second-order valence-electron chi connectivity index (χ2n) is 10.1. The van der Waals surface area contributed by atoms with Gasteiger partial charge in [-0.15, -0.1) is 0 Å². The van der Waals surface area contributed by atoms with Gasteiger partial charge in [0.05, 0.1) is 11.5 Å². The van der Waals surface area contributed by atoms with Gasteiger partial charge in [0.15, 0.2) is 0 Å². The number of carbonyl (C=O) groups excluding carboxylic acids is 1. The van der Waals surface area contributed by atoms with Gasteiger partial charge in [0.1, 0.15) is 23.0 Å². The van der Waals surface area contributed by atoms with E-state index in [2.05, 4.69) is 33.5 Å². The molecule has 2 N–H and O–H groups in total. The molecule has 8 nitrogen and oxygen atoms in total. The van der Waals surface area contributed by atoms with Gasteiger partial charge in [-0.25, -0.2) is 4.79 Å². The normalized spacial score (nSPS) is 20.0. The number of benzene rings is 1. The zero-order valence-electron chi connectivity index (χ0n) is 20.7. The van der Waals surface area contributed by atoms with Crippen molar-refractivity contribution < 1.29 is 9.21 Å². The minimum absolute atomic E-state index is 0.195. The maximum atomic E-state index is 13.7. The number of likely N-dealkylation sites (tertiary alicyclic amines) is 1. The molecule has 4 rings (SSSR count). The quantitative estimate of drug-likeness (QED) is 0.546. The zero-order chi connectivity index (χ0) is 24.7. The predicted molar refractivity (Wildman–Crippen MR) is 136 cm³/mol. The molecule has 188 valence electrons. The highest BCUT2D eigenvalue weighted by Gasteiger charge is 2.38. The number of nitrogens with one attached hydrogen (secondary N) is 2. The third-order valence-corrected chi connectivity index (χ3v) is 7.54. The van der Waals surface area contributed by atoms with E-state index in [1.807, 2.05) is 12.1 Å². The summed E-state index contributed by atoms with van der Waals surface area (Å²) in [6, 6.07) is 9.03. The molecule has 1 aliphatic heterocycles. The molecule has 2 aromatic rings. The fourth-order valence-electron chi connectivity index (χ4n) is 5.52. The smallest absolute Gasteiger partial charge is 0.408 e. The maximum Gasteiger partial charge on any atom is 0.441 e. The van der Waals surface area contributed by atoms with Crippen molar-refractivity contribution in [1.82, 2.24) is 15.2 Å². The molecule has 0 spiro atoms. The largest absolute Gasteiger partial charge is 0.441 e. The number of carbonyl (C=O) groups is 1. The molecule has 35 heavy (non-hydrogen) atoms. The number of fused-ring (bicyclic) bond motifs is 1. The molecular formula is C27H37N5O3. The molecule has 0 radical (unpaired) electrons.